The Morgan fingerprint density at radius 1 is 0.935 bits per heavy atom. The number of benzene rings is 3. The molecule has 152 valence electrons. The molecule has 1 aliphatic heterocycles. The molecule has 0 bridgehead atoms. The summed E-state index contributed by atoms with van der Waals surface area (Å²) in [4.78, 5) is 28.0. The number of rotatable bonds is 4. The lowest BCUT2D eigenvalue weighted by Crippen LogP contribution is -2.31. The summed E-state index contributed by atoms with van der Waals surface area (Å²) in [6, 6.07) is 24.4. The summed E-state index contributed by atoms with van der Waals surface area (Å²) >= 11 is 3.39. The van der Waals surface area contributed by atoms with Gasteiger partial charge in [-0.25, -0.2) is 0 Å². The van der Waals surface area contributed by atoms with Crippen molar-refractivity contribution in [2.24, 2.45) is 0 Å². The van der Waals surface area contributed by atoms with Gasteiger partial charge in [0.05, 0.1) is 11.6 Å². The van der Waals surface area contributed by atoms with E-state index in [0.717, 1.165) is 9.86 Å². The van der Waals surface area contributed by atoms with Crippen LogP contribution in [0.4, 0.5) is 5.69 Å². The number of aliphatic hydroxyl groups excluding tert-OH is 1. The molecule has 4 aromatic rings. The Kier molecular flexibility index (Phi) is 4.71. The number of furan rings is 1. The third kappa shape index (κ3) is 3.25. The molecule has 1 amide bonds. The van der Waals surface area contributed by atoms with Crippen molar-refractivity contribution in [2.45, 2.75) is 6.04 Å². The standard InChI is InChI=1S/C25H16BrNO4/c26-17-10-12-18(13-11-17)27-22(15-6-2-1-3-7-15)21(24(29)25(27)30)23(28)20-14-16-8-4-5-9-19(16)31-20/h1-14,22,29H. The molecule has 1 atom stereocenters. The SMILES string of the molecule is O=C(C1=C(O)C(=O)N(c2ccc(Br)cc2)C1c1ccccc1)c1cc2ccccc2o1. The van der Waals surface area contributed by atoms with Crippen molar-refractivity contribution in [3.05, 3.63) is 112 Å². The highest BCUT2D eigenvalue weighted by molar-refractivity contribution is 9.10. The lowest BCUT2D eigenvalue weighted by Gasteiger charge is -2.26. The molecule has 0 radical (unpaired) electrons. The number of fused-ring (bicyclic) bond motifs is 1. The van der Waals surface area contributed by atoms with Crippen molar-refractivity contribution < 1.29 is 19.1 Å². The molecular weight excluding hydrogens is 458 g/mol. The van der Waals surface area contributed by atoms with Crippen molar-refractivity contribution in [1.29, 1.82) is 0 Å². The smallest absolute Gasteiger partial charge is 0.294 e. The lowest BCUT2D eigenvalue weighted by atomic mass is 9.95. The monoisotopic (exact) mass is 473 g/mol. The molecule has 5 rings (SSSR count). The van der Waals surface area contributed by atoms with Crippen molar-refractivity contribution in [3.8, 4) is 0 Å². The Labute approximate surface area is 186 Å². The fraction of sp³-hybridized carbons (Fsp3) is 0.0400. The number of para-hydroxylation sites is 1. The molecule has 0 saturated heterocycles. The van der Waals surface area contributed by atoms with Crippen LogP contribution < -0.4 is 4.90 Å². The van der Waals surface area contributed by atoms with E-state index < -0.39 is 23.5 Å². The maximum atomic E-state index is 13.5. The van der Waals surface area contributed by atoms with Crippen molar-refractivity contribution in [3.63, 3.8) is 0 Å². The van der Waals surface area contributed by atoms with Gasteiger partial charge in [-0.2, -0.15) is 0 Å². The minimum atomic E-state index is -0.782. The Bertz CT molecular complexity index is 1310. The van der Waals surface area contributed by atoms with Crippen LogP contribution in [0.3, 0.4) is 0 Å². The molecule has 0 aliphatic carbocycles. The Morgan fingerprint density at radius 3 is 2.32 bits per heavy atom. The summed E-state index contributed by atoms with van der Waals surface area (Å²) in [7, 11) is 0. The van der Waals surface area contributed by atoms with Crippen LogP contribution in [0.2, 0.25) is 0 Å². The average molecular weight is 474 g/mol. The van der Waals surface area contributed by atoms with Gasteiger partial charge < -0.3 is 9.52 Å². The third-order valence-electron chi connectivity index (χ3n) is 5.32. The molecule has 1 N–H and O–H groups in total. The zero-order valence-corrected chi connectivity index (χ0v) is 17.7. The maximum absolute atomic E-state index is 13.5. The number of anilines is 1. The first kappa shape index (κ1) is 19.3. The third-order valence-corrected chi connectivity index (χ3v) is 5.85. The van der Waals surface area contributed by atoms with Gasteiger partial charge in [-0.05, 0) is 42.0 Å². The van der Waals surface area contributed by atoms with Crippen LogP contribution in [0, 0.1) is 0 Å². The molecule has 0 saturated carbocycles. The molecule has 1 aliphatic rings. The summed E-state index contributed by atoms with van der Waals surface area (Å²) in [5.41, 5.74) is 1.85. The average Bonchev–Trinajstić information content (AvgIpc) is 3.34. The van der Waals surface area contributed by atoms with Crippen LogP contribution in [0.25, 0.3) is 11.0 Å². The number of aliphatic hydroxyl groups is 1. The van der Waals surface area contributed by atoms with E-state index in [1.807, 2.05) is 48.5 Å². The van der Waals surface area contributed by atoms with Gasteiger partial charge in [0.25, 0.3) is 5.91 Å². The van der Waals surface area contributed by atoms with E-state index >= 15 is 0 Å². The van der Waals surface area contributed by atoms with Crippen molar-refractivity contribution in [2.75, 3.05) is 4.90 Å². The first-order valence-electron chi connectivity index (χ1n) is 9.65. The molecule has 0 spiro atoms. The van der Waals surface area contributed by atoms with Crippen LogP contribution in [0.15, 0.2) is 105 Å². The molecule has 1 aromatic heterocycles. The van der Waals surface area contributed by atoms with Gasteiger partial charge in [-0.3, -0.25) is 14.5 Å². The highest BCUT2D eigenvalue weighted by atomic mass is 79.9. The molecule has 1 unspecified atom stereocenters. The van der Waals surface area contributed by atoms with Crippen molar-refractivity contribution >= 4 is 44.3 Å². The van der Waals surface area contributed by atoms with Gasteiger partial charge in [0.15, 0.2) is 11.5 Å². The first-order chi connectivity index (χ1) is 15.0. The second-order valence-corrected chi connectivity index (χ2v) is 8.12. The van der Waals surface area contributed by atoms with E-state index in [0.29, 0.717) is 16.8 Å². The van der Waals surface area contributed by atoms with Crippen LogP contribution in [-0.4, -0.2) is 16.8 Å². The van der Waals surface area contributed by atoms with Gasteiger partial charge in [0, 0.05) is 15.5 Å². The number of carbonyl (C=O) groups is 2. The summed E-state index contributed by atoms with van der Waals surface area (Å²) < 4.78 is 6.59. The van der Waals surface area contributed by atoms with Crippen LogP contribution in [0.5, 0.6) is 0 Å². The van der Waals surface area contributed by atoms with E-state index in [2.05, 4.69) is 15.9 Å². The predicted molar refractivity (Wildman–Crippen MR) is 121 cm³/mol. The fourth-order valence-corrected chi connectivity index (χ4v) is 4.15. The molecule has 2 heterocycles. The highest BCUT2D eigenvalue weighted by Crippen LogP contribution is 2.42. The number of ketones is 1. The van der Waals surface area contributed by atoms with Crippen LogP contribution in [0.1, 0.15) is 22.2 Å². The molecular formula is C25H16BrNO4. The number of Topliss-reactive ketones (excluding diaryl/α,β-unsaturated/α-hetero) is 1. The minimum absolute atomic E-state index is 0.00169. The molecule has 0 fully saturated rings. The predicted octanol–water partition coefficient (Wildman–Crippen LogP) is 5.98. The zero-order chi connectivity index (χ0) is 21.5. The topological polar surface area (TPSA) is 70.8 Å². The Morgan fingerprint density at radius 2 is 1.61 bits per heavy atom. The quantitative estimate of drug-likeness (QED) is 0.370. The molecule has 5 nitrogen and oxygen atoms in total. The summed E-state index contributed by atoms with van der Waals surface area (Å²) in [6.45, 7) is 0. The van der Waals surface area contributed by atoms with Crippen LogP contribution >= 0.6 is 15.9 Å². The minimum Gasteiger partial charge on any atom is -0.503 e. The summed E-state index contributed by atoms with van der Waals surface area (Å²) in [5.74, 6) is -1.64. The first-order valence-corrected chi connectivity index (χ1v) is 10.4. The zero-order valence-electron chi connectivity index (χ0n) is 16.2. The van der Waals surface area contributed by atoms with Gasteiger partial charge in [-0.1, -0.05) is 64.5 Å². The summed E-state index contributed by atoms with van der Waals surface area (Å²) in [5, 5.41) is 11.6. The van der Waals surface area contributed by atoms with Crippen molar-refractivity contribution in [1.82, 2.24) is 0 Å². The maximum Gasteiger partial charge on any atom is 0.294 e. The Balaban J connectivity index is 1.65. The molecule has 31 heavy (non-hydrogen) atoms. The number of nitrogens with zero attached hydrogens (tertiary/aromatic N) is 1. The fourth-order valence-electron chi connectivity index (χ4n) is 3.88. The second-order valence-electron chi connectivity index (χ2n) is 7.20. The summed E-state index contributed by atoms with van der Waals surface area (Å²) in [6.07, 6.45) is 0. The number of hydrogen-bond donors (Lipinski definition) is 1. The number of amides is 1. The van der Waals surface area contributed by atoms with Crippen LogP contribution in [-0.2, 0) is 4.79 Å². The van der Waals surface area contributed by atoms with Gasteiger partial charge in [0.1, 0.15) is 5.58 Å². The Hall–Kier alpha value is -3.64. The largest absolute Gasteiger partial charge is 0.503 e. The number of halogens is 1. The van der Waals surface area contributed by atoms with E-state index in [4.69, 9.17) is 4.42 Å². The van der Waals surface area contributed by atoms with E-state index in [9.17, 15) is 14.7 Å². The molecule has 3 aromatic carbocycles. The van der Waals surface area contributed by atoms with E-state index in [-0.39, 0.29) is 11.3 Å². The molecule has 6 heteroatoms. The number of carbonyl (C=O) groups excluding carboxylic acids is 2. The van der Waals surface area contributed by atoms with E-state index in [1.165, 1.54) is 4.90 Å². The van der Waals surface area contributed by atoms with Gasteiger partial charge in [-0.15, -0.1) is 0 Å². The highest BCUT2D eigenvalue weighted by Gasteiger charge is 2.45. The lowest BCUT2D eigenvalue weighted by molar-refractivity contribution is -0.117. The number of hydrogen-bond acceptors (Lipinski definition) is 4. The van der Waals surface area contributed by atoms with Gasteiger partial charge >= 0.3 is 0 Å². The normalized spacial score (nSPS) is 16.4. The van der Waals surface area contributed by atoms with E-state index in [1.54, 1.807) is 36.4 Å². The second kappa shape index (κ2) is 7.56. The van der Waals surface area contributed by atoms with Gasteiger partial charge in [0.2, 0.25) is 5.78 Å².